The molecule has 0 aliphatic rings. The number of para-hydroxylation sites is 1. The summed E-state index contributed by atoms with van der Waals surface area (Å²) in [6.07, 6.45) is 1.40. The van der Waals surface area contributed by atoms with Crippen molar-refractivity contribution in [2.24, 2.45) is 0 Å². The van der Waals surface area contributed by atoms with Gasteiger partial charge in [0.25, 0.3) is 0 Å². The molecular formula is C14H17FN4O. The van der Waals surface area contributed by atoms with Gasteiger partial charge >= 0.3 is 0 Å². The van der Waals surface area contributed by atoms with Crippen LogP contribution in [-0.4, -0.2) is 23.6 Å². The van der Waals surface area contributed by atoms with Crippen molar-refractivity contribution < 1.29 is 9.13 Å². The first-order valence-corrected chi connectivity index (χ1v) is 6.32. The lowest BCUT2D eigenvalue weighted by atomic mass is 10.2. The molecule has 1 aromatic carbocycles. The minimum Gasteiger partial charge on any atom is -0.490 e. The van der Waals surface area contributed by atoms with E-state index in [9.17, 15) is 4.39 Å². The van der Waals surface area contributed by atoms with Crippen LogP contribution in [0.4, 0.5) is 21.7 Å². The van der Waals surface area contributed by atoms with Gasteiger partial charge in [-0.1, -0.05) is 12.1 Å². The molecule has 0 spiro atoms. The molecule has 2 N–H and O–H groups in total. The van der Waals surface area contributed by atoms with Gasteiger partial charge in [-0.2, -0.15) is 0 Å². The van der Waals surface area contributed by atoms with E-state index in [1.165, 1.54) is 19.5 Å². The van der Waals surface area contributed by atoms with Crippen molar-refractivity contribution in [3.8, 4) is 5.75 Å². The monoisotopic (exact) mass is 276 g/mol. The summed E-state index contributed by atoms with van der Waals surface area (Å²) in [5.41, 5.74) is 1.17. The highest BCUT2D eigenvalue weighted by molar-refractivity contribution is 5.70. The summed E-state index contributed by atoms with van der Waals surface area (Å²) < 4.78 is 19.2. The standard InChI is InChI=1S/C14H17FN4O/c1-4-16-13-12(20-3)14(18-8-17-13)19-11-9(2)6-5-7-10(11)15/h5-8H,4H2,1-3H3,(H2,16,17,18,19). The van der Waals surface area contributed by atoms with Crippen molar-refractivity contribution in [1.29, 1.82) is 0 Å². The van der Waals surface area contributed by atoms with E-state index < -0.39 is 0 Å². The summed E-state index contributed by atoms with van der Waals surface area (Å²) in [6.45, 7) is 4.48. The molecule has 0 saturated carbocycles. The molecule has 5 nitrogen and oxygen atoms in total. The number of ether oxygens (including phenoxy) is 1. The van der Waals surface area contributed by atoms with Crippen molar-refractivity contribution in [2.45, 2.75) is 13.8 Å². The van der Waals surface area contributed by atoms with Crippen LogP contribution in [0, 0.1) is 12.7 Å². The van der Waals surface area contributed by atoms with Crippen LogP contribution in [0.1, 0.15) is 12.5 Å². The summed E-state index contributed by atoms with van der Waals surface area (Å²) in [6, 6.07) is 4.88. The molecule has 0 amide bonds. The van der Waals surface area contributed by atoms with Gasteiger partial charge in [0.05, 0.1) is 12.8 Å². The first kappa shape index (κ1) is 14.0. The average molecular weight is 276 g/mol. The molecule has 0 bridgehead atoms. The lowest BCUT2D eigenvalue weighted by Gasteiger charge is -2.15. The summed E-state index contributed by atoms with van der Waals surface area (Å²) >= 11 is 0. The van der Waals surface area contributed by atoms with Crippen LogP contribution in [-0.2, 0) is 0 Å². The summed E-state index contributed by atoms with van der Waals surface area (Å²) in [4.78, 5) is 8.22. The molecule has 0 atom stereocenters. The number of methoxy groups -OCH3 is 1. The number of anilines is 3. The molecule has 0 saturated heterocycles. The van der Waals surface area contributed by atoms with Gasteiger partial charge in [0.2, 0.25) is 5.75 Å². The third kappa shape index (κ3) is 2.79. The molecule has 2 aromatic rings. The third-order valence-corrected chi connectivity index (χ3v) is 2.82. The zero-order chi connectivity index (χ0) is 14.5. The quantitative estimate of drug-likeness (QED) is 0.878. The van der Waals surface area contributed by atoms with E-state index in [1.54, 1.807) is 6.07 Å². The Labute approximate surface area is 117 Å². The fourth-order valence-corrected chi connectivity index (χ4v) is 1.86. The van der Waals surface area contributed by atoms with Crippen molar-refractivity contribution in [1.82, 2.24) is 9.97 Å². The Kier molecular flexibility index (Phi) is 4.34. The van der Waals surface area contributed by atoms with E-state index in [0.717, 1.165) is 5.56 Å². The van der Waals surface area contributed by atoms with E-state index in [4.69, 9.17) is 4.74 Å². The molecule has 0 aliphatic carbocycles. The Morgan fingerprint density at radius 3 is 2.65 bits per heavy atom. The van der Waals surface area contributed by atoms with Gasteiger partial charge in [-0.3, -0.25) is 0 Å². The van der Waals surface area contributed by atoms with Gasteiger partial charge < -0.3 is 15.4 Å². The van der Waals surface area contributed by atoms with E-state index in [-0.39, 0.29) is 5.82 Å². The normalized spacial score (nSPS) is 10.2. The van der Waals surface area contributed by atoms with Crippen molar-refractivity contribution in [3.05, 3.63) is 35.9 Å². The summed E-state index contributed by atoms with van der Waals surface area (Å²) in [5.74, 6) is 1.11. The van der Waals surface area contributed by atoms with Crippen LogP contribution >= 0.6 is 0 Å². The third-order valence-electron chi connectivity index (χ3n) is 2.82. The molecule has 0 fully saturated rings. The molecule has 1 aromatic heterocycles. The van der Waals surface area contributed by atoms with Gasteiger partial charge in [0.1, 0.15) is 12.1 Å². The van der Waals surface area contributed by atoms with Crippen molar-refractivity contribution in [3.63, 3.8) is 0 Å². The zero-order valence-electron chi connectivity index (χ0n) is 11.7. The van der Waals surface area contributed by atoms with Gasteiger partial charge in [-0.15, -0.1) is 0 Å². The molecule has 1 heterocycles. The number of hydrogen-bond acceptors (Lipinski definition) is 5. The highest BCUT2D eigenvalue weighted by atomic mass is 19.1. The highest BCUT2D eigenvalue weighted by Gasteiger charge is 2.14. The van der Waals surface area contributed by atoms with E-state index in [1.807, 2.05) is 19.9 Å². The van der Waals surface area contributed by atoms with E-state index >= 15 is 0 Å². The number of benzene rings is 1. The molecule has 0 aliphatic heterocycles. The number of halogens is 1. The molecule has 20 heavy (non-hydrogen) atoms. The zero-order valence-corrected chi connectivity index (χ0v) is 11.7. The Hall–Kier alpha value is -2.37. The van der Waals surface area contributed by atoms with Gasteiger partial charge in [-0.25, -0.2) is 14.4 Å². The van der Waals surface area contributed by atoms with Gasteiger partial charge in [0.15, 0.2) is 11.6 Å². The van der Waals surface area contributed by atoms with E-state index in [0.29, 0.717) is 29.6 Å². The first-order chi connectivity index (χ1) is 9.67. The summed E-state index contributed by atoms with van der Waals surface area (Å²) in [5, 5.41) is 6.04. The number of nitrogens with one attached hydrogen (secondary N) is 2. The first-order valence-electron chi connectivity index (χ1n) is 6.32. The minimum absolute atomic E-state index is 0.337. The van der Waals surface area contributed by atoms with Gasteiger partial charge in [-0.05, 0) is 25.5 Å². The maximum atomic E-state index is 13.9. The van der Waals surface area contributed by atoms with Crippen molar-refractivity contribution in [2.75, 3.05) is 24.3 Å². The SMILES string of the molecule is CCNc1ncnc(Nc2c(C)cccc2F)c1OC. The second kappa shape index (κ2) is 6.18. The maximum absolute atomic E-state index is 13.9. The van der Waals surface area contributed by atoms with Crippen LogP contribution in [0.5, 0.6) is 5.75 Å². The molecule has 2 rings (SSSR count). The number of aromatic nitrogens is 2. The average Bonchev–Trinajstić information content (AvgIpc) is 2.43. The predicted octanol–water partition coefficient (Wildman–Crippen LogP) is 3.11. The fraction of sp³-hybridized carbons (Fsp3) is 0.286. The highest BCUT2D eigenvalue weighted by Crippen LogP contribution is 2.32. The molecule has 106 valence electrons. The lowest BCUT2D eigenvalue weighted by Crippen LogP contribution is -2.07. The Bertz CT molecular complexity index is 583. The van der Waals surface area contributed by atoms with Crippen LogP contribution in [0.3, 0.4) is 0 Å². The molecule has 6 heteroatoms. The fourth-order valence-electron chi connectivity index (χ4n) is 1.86. The molecule has 0 radical (unpaired) electrons. The second-order valence-corrected chi connectivity index (χ2v) is 4.19. The van der Waals surface area contributed by atoms with Crippen LogP contribution < -0.4 is 15.4 Å². The largest absolute Gasteiger partial charge is 0.490 e. The lowest BCUT2D eigenvalue weighted by molar-refractivity contribution is 0.415. The Balaban J connectivity index is 2.41. The van der Waals surface area contributed by atoms with Crippen LogP contribution in [0.25, 0.3) is 0 Å². The topological polar surface area (TPSA) is 59.1 Å². The van der Waals surface area contributed by atoms with Crippen LogP contribution in [0.15, 0.2) is 24.5 Å². The summed E-state index contributed by atoms with van der Waals surface area (Å²) in [7, 11) is 1.53. The second-order valence-electron chi connectivity index (χ2n) is 4.19. The number of hydrogen-bond donors (Lipinski definition) is 2. The van der Waals surface area contributed by atoms with Crippen molar-refractivity contribution >= 4 is 17.3 Å². The smallest absolute Gasteiger partial charge is 0.204 e. The number of nitrogens with zero attached hydrogens (tertiary/aromatic N) is 2. The van der Waals surface area contributed by atoms with E-state index in [2.05, 4.69) is 20.6 Å². The molecular weight excluding hydrogens is 259 g/mol. The minimum atomic E-state index is -0.337. The maximum Gasteiger partial charge on any atom is 0.204 e. The number of aryl methyl sites for hydroxylation is 1. The Morgan fingerprint density at radius 1 is 1.25 bits per heavy atom. The van der Waals surface area contributed by atoms with Gasteiger partial charge in [0, 0.05) is 6.54 Å². The van der Waals surface area contributed by atoms with Crippen LogP contribution in [0.2, 0.25) is 0 Å². The number of rotatable bonds is 5. The predicted molar refractivity (Wildman–Crippen MR) is 77.2 cm³/mol. The molecule has 0 unspecified atom stereocenters. The Morgan fingerprint density at radius 2 is 2.00 bits per heavy atom.